The number of amides is 3. The zero-order chi connectivity index (χ0) is 22.7. The van der Waals surface area contributed by atoms with Crippen molar-refractivity contribution in [2.24, 2.45) is 0 Å². The van der Waals surface area contributed by atoms with E-state index in [9.17, 15) is 27.6 Å². The Balaban J connectivity index is 1.67. The van der Waals surface area contributed by atoms with E-state index in [1.165, 1.54) is 16.8 Å². The smallest absolute Gasteiger partial charge is 0.241 e. The molecular weight excluding hydrogens is 413 g/mol. The lowest BCUT2D eigenvalue weighted by Crippen LogP contribution is -2.45. The van der Waals surface area contributed by atoms with Crippen LogP contribution in [0.25, 0.3) is 0 Å². The maximum absolute atomic E-state index is 13.7. The van der Waals surface area contributed by atoms with Crippen LogP contribution in [0.1, 0.15) is 13.3 Å². The number of hydrogen-bond donors (Lipinski definition) is 2. The van der Waals surface area contributed by atoms with Crippen molar-refractivity contribution in [2.75, 3.05) is 35.7 Å². The maximum Gasteiger partial charge on any atom is 0.241 e. The zero-order valence-electron chi connectivity index (χ0n) is 16.9. The van der Waals surface area contributed by atoms with E-state index >= 15 is 0 Å². The second-order valence-electron chi connectivity index (χ2n) is 7.33. The molecule has 0 unspecified atom stereocenters. The van der Waals surface area contributed by atoms with Gasteiger partial charge in [-0.2, -0.15) is 0 Å². The van der Waals surface area contributed by atoms with Gasteiger partial charge in [-0.25, -0.2) is 13.2 Å². The quantitative estimate of drug-likeness (QED) is 0.710. The first-order valence-electron chi connectivity index (χ1n) is 9.50. The summed E-state index contributed by atoms with van der Waals surface area (Å²) >= 11 is 0. The van der Waals surface area contributed by atoms with Gasteiger partial charge in [0.25, 0.3) is 0 Å². The van der Waals surface area contributed by atoms with Gasteiger partial charge in [-0.15, -0.1) is 0 Å². The number of nitrogens with zero attached hydrogens (tertiary/aromatic N) is 2. The van der Waals surface area contributed by atoms with Crippen molar-refractivity contribution >= 4 is 34.8 Å². The van der Waals surface area contributed by atoms with E-state index in [1.807, 2.05) is 0 Å². The Hall–Kier alpha value is -3.40. The summed E-state index contributed by atoms with van der Waals surface area (Å²) < 4.78 is 40.1. The molecule has 0 aliphatic carbocycles. The summed E-state index contributed by atoms with van der Waals surface area (Å²) in [6.07, 6.45) is 0.111. The highest BCUT2D eigenvalue weighted by atomic mass is 19.2. The van der Waals surface area contributed by atoms with Crippen molar-refractivity contribution in [3.63, 3.8) is 0 Å². The summed E-state index contributed by atoms with van der Waals surface area (Å²) in [5.41, 5.74) is 0.565. The Kier molecular flexibility index (Phi) is 6.59. The number of benzene rings is 2. The SMILES string of the molecule is C[C@@H]1CC(=O)Nc2ccccc2N1C(=O)CN(C)CC(=O)Nc1ccc(F)c(F)c1F. The fourth-order valence-electron chi connectivity index (χ4n) is 3.39. The van der Waals surface area contributed by atoms with Gasteiger partial charge in [0.15, 0.2) is 17.5 Å². The van der Waals surface area contributed by atoms with Gasteiger partial charge in [-0.3, -0.25) is 19.3 Å². The first kappa shape index (κ1) is 22.3. The minimum absolute atomic E-state index is 0.111. The fraction of sp³-hybridized carbons (Fsp3) is 0.286. The molecule has 2 aromatic carbocycles. The van der Waals surface area contributed by atoms with Crippen molar-refractivity contribution in [3.05, 3.63) is 53.8 Å². The summed E-state index contributed by atoms with van der Waals surface area (Å²) in [6.45, 7) is 1.28. The number of fused-ring (bicyclic) bond motifs is 1. The summed E-state index contributed by atoms with van der Waals surface area (Å²) in [6, 6.07) is 8.11. The molecule has 10 heteroatoms. The number of carbonyl (C=O) groups excluding carboxylic acids is 3. The molecule has 0 radical (unpaired) electrons. The largest absolute Gasteiger partial charge is 0.324 e. The third kappa shape index (κ3) is 5.02. The highest BCUT2D eigenvalue weighted by Gasteiger charge is 2.30. The molecule has 1 aliphatic rings. The van der Waals surface area contributed by atoms with Gasteiger partial charge in [-0.05, 0) is 38.2 Å². The molecular formula is C21H21F3N4O3. The molecule has 31 heavy (non-hydrogen) atoms. The van der Waals surface area contributed by atoms with Crippen molar-refractivity contribution < 1.29 is 27.6 Å². The predicted octanol–water partition coefficient (Wildman–Crippen LogP) is 2.74. The van der Waals surface area contributed by atoms with E-state index in [2.05, 4.69) is 10.6 Å². The first-order chi connectivity index (χ1) is 14.7. The predicted molar refractivity (Wildman–Crippen MR) is 109 cm³/mol. The Morgan fingerprint density at radius 3 is 2.58 bits per heavy atom. The molecule has 0 spiro atoms. The normalized spacial score (nSPS) is 15.9. The first-order valence-corrected chi connectivity index (χ1v) is 9.50. The average molecular weight is 434 g/mol. The molecule has 0 bridgehead atoms. The van der Waals surface area contributed by atoms with Crippen LogP contribution in [0, 0.1) is 17.5 Å². The molecule has 1 heterocycles. The lowest BCUT2D eigenvalue weighted by atomic mass is 10.1. The summed E-state index contributed by atoms with van der Waals surface area (Å²) in [7, 11) is 1.51. The van der Waals surface area contributed by atoms with Crippen LogP contribution < -0.4 is 15.5 Å². The highest BCUT2D eigenvalue weighted by molar-refractivity contribution is 6.05. The number of nitrogens with one attached hydrogen (secondary N) is 2. The number of para-hydroxylation sites is 2. The average Bonchev–Trinajstić information content (AvgIpc) is 2.82. The van der Waals surface area contributed by atoms with E-state index < -0.39 is 35.1 Å². The molecule has 7 nitrogen and oxygen atoms in total. The van der Waals surface area contributed by atoms with Gasteiger partial charge >= 0.3 is 0 Å². The Labute approximate surface area is 176 Å². The van der Waals surface area contributed by atoms with Crippen LogP contribution in [-0.4, -0.2) is 48.8 Å². The molecule has 3 amide bonds. The van der Waals surface area contributed by atoms with E-state index in [0.29, 0.717) is 17.4 Å². The van der Waals surface area contributed by atoms with Crippen LogP contribution in [0.5, 0.6) is 0 Å². The topological polar surface area (TPSA) is 81.8 Å². The number of rotatable bonds is 5. The Morgan fingerprint density at radius 1 is 1.13 bits per heavy atom. The second kappa shape index (κ2) is 9.17. The van der Waals surface area contributed by atoms with E-state index in [1.54, 1.807) is 31.2 Å². The standard InChI is InChI=1S/C21H21F3N4O3/c1-12-9-17(29)25-14-5-3-4-6-16(14)28(12)19(31)11-27(2)10-18(30)26-15-8-7-13(22)20(23)21(15)24/h3-8,12H,9-11H2,1-2H3,(H,25,29)(H,26,30)/t12-/m1/s1. The van der Waals surface area contributed by atoms with Crippen molar-refractivity contribution in [1.82, 2.24) is 4.90 Å². The van der Waals surface area contributed by atoms with E-state index in [4.69, 9.17) is 0 Å². The lowest BCUT2D eigenvalue weighted by molar-refractivity contribution is -0.121. The van der Waals surface area contributed by atoms with Gasteiger partial charge < -0.3 is 15.5 Å². The number of likely N-dealkylation sites (N-methyl/N-ethyl adjacent to an activating group) is 1. The lowest BCUT2D eigenvalue weighted by Gasteiger charge is -2.29. The minimum Gasteiger partial charge on any atom is -0.324 e. The number of carbonyl (C=O) groups is 3. The third-order valence-corrected chi connectivity index (χ3v) is 4.76. The zero-order valence-corrected chi connectivity index (χ0v) is 16.9. The molecule has 0 fully saturated rings. The van der Waals surface area contributed by atoms with Crippen LogP contribution in [0.15, 0.2) is 36.4 Å². The van der Waals surface area contributed by atoms with Crippen LogP contribution >= 0.6 is 0 Å². The van der Waals surface area contributed by atoms with Crippen molar-refractivity contribution in [2.45, 2.75) is 19.4 Å². The number of halogens is 3. The van der Waals surface area contributed by atoms with Gasteiger partial charge in [0.2, 0.25) is 17.7 Å². The van der Waals surface area contributed by atoms with Gasteiger partial charge in [0.05, 0.1) is 30.2 Å². The molecule has 0 aromatic heterocycles. The van der Waals surface area contributed by atoms with Crippen molar-refractivity contribution in [3.8, 4) is 0 Å². The van der Waals surface area contributed by atoms with Crippen molar-refractivity contribution in [1.29, 1.82) is 0 Å². The molecule has 3 rings (SSSR count). The van der Waals surface area contributed by atoms with Crippen LogP contribution in [0.2, 0.25) is 0 Å². The van der Waals surface area contributed by atoms with Crippen LogP contribution in [0.4, 0.5) is 30.2 Å². The van der Waals surface area contributed by atoms with Crippen LogP contribution in [0.3, 0.4) is 0 Å². The number of anilines is 3. The molecule has 1 atom stereocenters. The van der Waals surface area contributed by atoms with Gasteiger partial charge in [0.1, 0.15) is 0 Å². The molecule has 0 saturated heterocycles. The molecule has 0 saturated carbocycles. The molecule has 164 valence electrons. The van der Waals surface area contributed by atoms with Gasteiger partial charge in [-0.1, -0.05) is 12.1 Å². The van der Waals surface area contributed by atoms with E-state index in [0.717, 1.165) is 6.07 Å². The maximum atomic E-state index is 13.7. The second-order valence-corrected chi connectivity index (χ2v) is 7.33. The van der Waals surface area contributed by atoms with Gasteiger partial charge in [0, 0.05) is 12.5 Å². The highest BCUT2D eigenvalue weighted by Crippen LogP contribution is 2.31. The Bertz CT molecular complexity index is 1030. The monoisotopic (exact) mass is 434 g/mol. The third-order valence-electron chi connectivity index (χ3n) is 4.76. The molecule has 2 N–H and O–H groups in total. The number of hydrogen-bond acceptors (Lipinski definition) is 4. The molecule has 2 aromatic rings. The summed E-state index contributed by atoms with van der Waals surface area (Å²) in [4.78, 5) is 40.1. The minimum atomic E-state index is -1.68. The molecule has 1 aliphatic heterocycles. The van der Waals surface area contributed by atoms with E-state index in [-0.39, 0.29) is 31.3 Å². The fourth-order valence-corrected chi connectivity index (χ4v) is 3.39. The Morgan fingerprint density at radius 2 is 1.84 bits per heavy atom. The van der Waals surface area contributed by atoms with Crippen LogP contribution in [-0.2, 0) is 14.4 Å². The summed E-state index contributed by atoms with van der Waals surface area (Å²) in [5, 5.41) is 4.92. The summed E-state index contributed by atoms with van der Waals surface area (Å²) in [5.74, 6) is -5.81.